The van der Waals surface area contributed by atoms with Gasteiger partial charge in [0.15, 0.2) is 17.1 Å². The average molecular weight is 396 g/mol. The molecule has 0 aliphatic rings. The van der Waals surface area contributed by atoms with Crippen molar-refractivity contribution < 1.29 is 14.2 Å². The Morgan fingerprint density at radius 3 is 2.18 bits per heavy atom. The molecule has 0 spiro atoms. The van der Waals surface area contributed by atoms with Crippen LogP contribution in [-0.2, 0) is 0 Å². The molecule has 2 aromatic heterocycles. The first-order valence-electron chi connectivity index (χ1n) is 8.54. The second-order valence-electron chi connectivity index (χ2n) is 6.05. The van der Waals surface area contributed by atoms with E-state index in [9.17, 15) is 0 Å². The Balaban J connectivity index is 1.89. The number of hydrogen-bond acceptors (Lipinski definition) is 5. The number of benzene rings is 2. The number of fused-ring (bicyclic) bond motifs is 1. The maximum absolute atomic E-state index is 6.00. The van der Waals surface area contributed by atoms with Gasteiger partial charge < -0.3 is 18.6 Å². The summed E-state index contributed by atoms with van der Waals surface area (Å²) < 4.78 is 18.3. The van der Waals surface area contributed by atoms with E-state index in [-0.39, 0.29) is 0 Å². The molecule has 0 N–H and O–H groups in total. The van der Waals surface area contributed by atoms with Crippen LogP contribution in [0, 0.1) is 0 Å². The highest BCUT2D eigenvalue weighted by Crippen LogP contribution is 2.41. The van der Waals surface area contributed by atoms with E-state index in [1.54, 1.807) is 27.5 Å². The molecule has 2 heterocycles. The predicted molar refractivity (Wildman–Crippen MR) is 109 cm³/mol. The zero-order valence-electron chi connectivity index (χ0n) is 15.6. The van der Waals surface area contributed by atoms with Gasteiger partial charge in [-0.25, -0.2) is 4.98 Å². The Labute approximate surface area is 167 Å². The molecule has 6 nitrogen and oxygen atoms in total. The van der Waals surface area contributed by atoms with Gasteiger partial charge in [0, 0.05) is 34.7 Å². The number of hydrogen-bond donors (Lipinski definition) is 0. The van der Waals surface area contributed by atoms with Gasteiger partial charge in [0.2, 0.25) is 5.75 Å². The third kappa shape index (κ3) is 3.12. The van der Waals surface area contributed by atoms with Crippen molar-refractivity contribution in [2.24, 2.45) is 0 Å². The fraction of sp³-hybridized carbons (Fsp3) is 0.143. The number of halogens is 1. The molecule has 0 radical (unpaired) electrons. The summed E-state index contributed by atoms with van der Waals surface area (Å²) >= 11 is 6.00. The summed E-state index contributed by atoms with van der Waals surface area (Å²) in [5.41, 5.74) is 4.05. The molecule has 4 aromatic rings. The number of imidazole rings is 1. The summed E-state index contributed by atoms with van der Waals surface area (Å²) in [5, 5.41) is 0.687. The van der Waals surface area contributed by atoms with Crippen molar-refractivity contribution in [3.8, 4) is 39.8 Å². The number of nitrogens with zero attached hydrogens (tertiary/aromatic N) is 3. The molecule has 0 amide bonds. The van der Waals surface area contributed by atoms with Crippen molar-refractivity contribution >= 4 is 17.2 Å². The van der Waals surface area contributed by atoms with Crippen LogP contribution in [0.3, 0.4) is 0 Å². The summed E-state index contributed by atoms with van der Waals surface area (Å²) in [6.07, 6.45) is 5.56. The van der Waals surface area contributed by atoms with E-state index in [0.29, 0.717) is 28.0 Å². The standard InChI is InChI=1S/C21H18ClN3O3/c1-26-17-10-14(11-18(27-2)20(17)28-3)19-21-24-16(12-25(21)9-8-23-19)13-4-6-15(22)7-5-13/h4-12H,1-3H3. The Bertz CT molecular complexity index is 1110. The van der Waals surface area contributed by atoms with E-state index in [1.807, 2.05) is 53.2 Å². The molecule has 2 aromatic carbocycles. The smallest absolute Gasteiger partial charge is 0.203 e. The van der Waals surface area contributed by atoms with Crippen molar-refractivity contribution in [1.82, 2.24) is 14.4 Å². The van der Waals surface area contributed by atoms with E-state index in [1.165, 1.54) is 0 Å². The predicted octanol–water partition coefficient (Wildman–Crippen LogP) is 4.74. The fourth-order valence-electron chi connectivity index (χ4n) is 3.10. The van der Waals surface area contributed by atoms with Gasteiger partial charge in [-0.1, -0.05) is 23.7 Å². The van der Waals surface area contributed by atoms with Crippen LogP contribution in [0.1, 0.15) is 0 Å². The first-order chi connectivity index (χ1) is 13.6. The van der Waals surface area contributed by atoms with Crippen molar-refractivity contribution in [1.29, 1.82) is 0 Å². The molecule has 0 aliphatic heterocycles. The third-order valence-corrected chi connectivity index (χ3v) is 4.71. The second-order valence-corrected chi connectivity index (χ2v) is 6.49. The quantitative estimate of drug-likeness (QED) is 0.488. The maximum atomic E-state index is 6.00. The van der Waals surface area contributed by atoms with Crippen LogP contribution >= 0.6 is 11.6 Å². The molecule has 0 bridgehead atoms. The van der Waals surface area contributed by atoms with Crippen LogP contribution in [0.4, 0.5) is 0 Å². The third-order valence-electron chi connectivity index (χ3n) is 4.45. The number of rotatable bonds is 5. The molecule has 0 atom stereocenters. The molecule has 7 heteroatoms. The first-order valence-corrected chi connectivity index (χ1v) is 8.92. The minimum absolute atomic E-state index is 0.533. The van der Waals surface area contributed by atoms with Gasteiger partial charge in [-0.05, 0) is 24.3 Å². The van der Waals surface area contributed by atoms with E-state index >= 15 is 0 Å². The summed E-state index contributed by atoms with van der Waals surface area (Å²) in [6.45, 7) is 0. The molecule has 142 valence electrons. The van der Waals surface area contributed by atoms with Crippen molar-refractivity contribution in [2.75, 3.05) is 21.3 Å². The summed E-state index contributed by atoms with van der Waals surface area (Å²) in [4.78, 5) is 9.34. The average Bonchev–Trinajstić information content (AvgIpc) is 3.17. The van der Waals surface area contributed by atoms with Gasteiger partial charge in [0.1, 0.15) is 5.69 Å². The molecule has 4 rings (SSSR count). The van der Waals surface area contributed by atoms with Gasteiger partial charge in [0.05, 0.1) is 27.0 Å². The Hall–Kier alpha value is -3.25. The minimum Gasteiger partial charge on any atom is -0.493 e. The molecule has 0 unspecified atom stereocenters. The molecule has 0 saturated carbocycles. The number of aromatic nitrogens is 3. The Kier molecular flexibility index (Phi) is 4.79. The van der Waals surface area contributed by atoms with E-state index in [0.717, 1.165) is 22.5 Å². The lowest BCUT2D eigenvalue weighted by Crippen LogP contribution is -1.97. The van der Waals surface area contributed by atoms with E-state index in [2.05, 4.69) is 4.98 Å². The first kappa shape index (κ1) is 18.1. The fourth-order valence-corrected chi connectivity index (χ4v) is 3.23. The monoisotopic (exact) mass is 395 g/mol. The normalized spacial score (nSPS) is 10.9. The van der Waals surface area contributed by atoms with Crippen molar-refractivity contribution in [3.05, 3.63) is 60.0 Å². The lowest BCUT2D eigenvalue weighted by molar-refractivity contribution is 0.324. The van der Waals surface area contributed by atoms with E-state index < -0.39 is 0 Å². The zero-order chi connectivity index (χ0) is 19.7. The molecule has 0 aliphatic carbocycles. The SMILES string of the molecule is COc1cc(-c2nccn3cc(-c4ccc(Cl)cc4)nc23)cc(OC)c1OC. The van der Waals surface area contributed by atoms with Gasteiger partial charge in [-0.2, -0.15) is 0 Å². The van der Waals surface area contributed by atoms with Crippen LogP contribution in [0.15, 0.2) is 55.0 Å². The summed E-state index contributed by atoms with van der Waals surface area (Å²) in [7, 11) is 4.75. The van der Waals surface area contributed by atoms with Crippen LogP contribution in [0.5, 0.6) is 17.2 Å². The van der Waals surface area contributed by atoms with Crippen LogP contribution in [0.2, 0.25) is 5.02 Å². The number of ether oxygens (including phenoxy) is 3. The summed E-state index contributed by atoms with van der Waals surface area (Å²) in [5.74, 6) is 1.65. The lowest BCUT2D eigenvalue weighted by Gasteiger charge is -2.14. The Morgan fingerprint density at radius 1 is 0.893 bits per heavy atom. The highest BCUT2D eigenvalue weighted by Gasteiger charge is 2.17. The molecule has 0 saturated heterocycles. The van der Waals surface area contributed by atoms with Gasteiger partial charge in [-0.3, -0.25) is 4.98 Å². The minimum atomic E-state index is 0.533. The van der Waals surface area contributed by atoms with Gasteiger partial charge >= 0.3 is 0 Å². The summed E-state index contributed by atoms with van der Waals surface area (Å²) in [6, 6.07) is 11.3. The second kappa shape index (κ2) is 7.40. The maximum Gasteiger partial charge on any atom is 0.203 e. The largest absolute Gasteiger partial charge is 0.493 e. The van der Waals surface area contributed by atoms with Crippen molar-refractivity contribution in [3.63, 3.8) is 0 Å². The van der Waals surface area contributed by atoms with Crippen LogP contribution in [-0.4, -0.2) is 35.7 Å². The molecule has 0 fully saturated rings. The highest BCUT2D eigenvalue weighted by atomic mass is 35.5. The molecular formula is C21H18ClN3O3. The van der Waals surface area contributed by atoms with Gasteiger partial charge in [0.25, 0.3) is 0 Å². The molecule has 28 heavy (non-hydrogen) atoms. The Morgan fingerprint density at radius 2 is 1.57 bits per heavy atom. The van der Waals surface area contributed by atoms with Crippen molar-refractivity contribution in [2.45, 2.75) is 0 Å². The topological polar surface area (TPSA) is 57.9 Å². The number of methoxy groups -OCH3 is 3. The van der Waals surface area contributed by atoms with Crippen LogP contribution < -0.4 is 14.2 Å². The highest BCUT2D eigenvalue weighted by molar-refractivity contribution is 6.30. The lowest BCUT2D eigenvalue weighted by atomic mass is 10.1. The van der Waals surface area contributed by atoms with Crippen LogP contribution in [0.25, 0.3) is 28.2 Å². The molecular weight excluding hydrogens is 378 g/mol. The van der Waals surface area contributed by atoms with E-state index in [4.69, 9.17) is 30.8 Å². The van der Waals surface area contributed by atoms with Gasteiger partial charge in [-0.15, -0.1) is 0 Å². The zero-order valence-corrected chi connectivity index (χ0v) is 16.4.